The molecule has 1 N–H and O–H groups in total. The molecule has 0 amide bonds. The Morgan fingerprint density at radius 1 is 1.20 bits per heavy atom. The van der Waals surface area contributed by atoms with E-state index in [0.717, 1.165) is 5.56 Å². The molecule has 1 aromatic heterocycles. The topological polar surface area (TPSA) is 78.3 Å². The third-order valence-corrected chi connectivity index (χ3v) is 4.88. The van der Waals surface area contributed by atoms with E-state index in [2.05, 4.69) is 15.4 Å². The van der Waals surface area contributed by atoms with Gasteiger partial charge in [0, 0.05) is 16.8 Å². The number of aromatic nitrogens is 3. The standard InChI is InChI=1S/C22H21FN4O3/c1-4-30-21(28)18-13(2)24-22-25-20(14-9-11-15(23)12-10-14)26-27(22)19(18)16-7-5-6-8-17(16)29-3/h5-12,19H,4H2,1-3H3,(H,24,25,26). The number of ether oxygens (including phenoxy) is 2. The quantitative estimate of drug-likeness (QED) is 0.644. The minimum Gasteiger partial charge on any atom is -0.496 e. The van der Waals surface area contributed by atoms with Gasteiger partial charge in [0.1, 0.15) is 17.6 Å². The van der Waals surface area contributed by atoms with Crippen molar-refractivity contribution in [3.05, 3.63) is 71.2 Å². The van der Waals surface area contributed by atoms with Crippen molar-refractivity contribution in [2.24, 2.45) is 0 Å². The Kier molecular flexibility index (Phi) is 5.22. The molecule has 2 aromatic carbocycles. The summed E-state index contributed by atoms with van der Waals surface area (Å²) in [6.07, 6.45) is 0. The molecule has 1 aliphatic heterocycles. The van der Waals surface area contributed by atoms with Crippen molar-refractivity contribution < 1.29 is 18.7 Å². The third-order valence-electron chi connectivity index (χ3n) is 4.88. The molecule has 0 aliphatic carbocycles. The van der Waals surface area contributed by atoms with Crippen LogP contribution in [0.25, 0.3) is 11.4 Å². The smallest absolute Gasteiger partial charge is 0.338 e. The molecule has 3 aromatic rings. The second-order valence-corrected chi connectivity index (χ2v) is 6.74. The van der Waals surface area contributed by atoms with Crippen molar-refractivity contribution >= 4 is 11.9 Å². The number of anilines is 1. The van der Waals surface area contributed by atoms with Gasteiger partial charge in [-0.2, -0.15) is 4.98 Å². The summed E-state index contributed by atoms with van der Waals surface area (Å²) in [6, 6.07) is 12.8. The van der Waals surface area contributed by atoms with Gasteiger partial charge in [0.2, 0.25) is 5.95 Å². The van der Waals surface area contributed by atoms with Gasteiger partial charge in [0.25, 0.3) is 0 Å². The molecule has 1 atom stereocenters. The molecule has 0 bridgehead atoms. The van der Waals surface area contributed by atoms with E-state index >= 15 is 0 Å². The van der Waals surface area contributed by atoms with Gasteiger partial charge in [-0.05, 0) is 44.2 Å². The average molecular weight is 408 g/mol. The first-order valence-corrected chi connectivity index (χ1v) is 9.53. The molecule has 0 saturated carbocycles. The first-order chi connectivity index (χ1) is 14.5. The number of nitrogens with one attached hydrogen (secondary N) is 1. The lowest BCUT2D eigenvalue weighted by Crippen LogP contribution is -2.30. The van der Waals surface area contributed by atoms with Crippen LogP contribution in [-0.4, -0.2) is 34.5 Å². The molecule has 8 heteroatoms. The molecule has 0 saturated heterocycles. The van der Waals surface area contributed by atoms with Gasteiger partial charge >= 0.3 is 5.97 Å². The molecule has 1 aliphatic rings. The highest BCUT2D eigenvalue weighted by molar-refractivity contribution is 5.92. The molecule has 0 radical (unpaired) electrons. The van der Waals surface area contributed by atoms with Gasteiger partial charge in [-0.25, -0.2) is 13.9 Å². The number of allylic oxidation sites excluding steroid dienone is 1. The van der Waals surface area contributed by atoms with Crippen molar-refractivity contribution in [2.45, 2.75) is 19.9 Å². The van der Waals surface area contributed by atoms with E-state index < -0.39 is 12.0 Å². The highest BCUT2D eigenvalue weighted by Crippen LogP contribution is 2.40. The van der Waals surface area contributed by atoms with Gasteiger partial charge in [0.05, 0.1) is 19.3 Å². The summed E-state index contributed by atoms with van der Waals surface area (Å²) in [7, 11) is 1.58. The monoisotopic (exact) mass is 408 g/mol. The fourth-order valence-electron chi connectivity index (χ4n) is 3.53. The first-order valence-electron chi connectivity index (χ1n) is 9.53. The normalized spacial score (nSPS) is 15.4. The molecule has 0 spiro atoms. The Morgan fingerprint density at radius 3 is 2.63 bits per heavy atom. The van der Waals surface area contributed by atoms with E-state index in [4.69, 9.17) is 9.47 Å². The molecular weight excluding hydrogens is 387 g/mol. The van der Waals surface area contributed by atoms with Crippen LogP contribution in [0.5, 0.6) is 5.75 Å². The highest BCUT2D eigenvalue weighted by atomic mass is 19.1. The first kappa shape index (κ1) is 19.6. The lowest BCUT2D eigenvalue weighted by Gasteiger charge is -2.28. The van der Waals surface area contributed by atoms with Crippen LogP contribution in [0.1, 0.15) is 25.5 Å². The minimum atomic E-state index is -0.599. The Balaban J connectivity index is 1.89. The molecule has 154 valence electrons. The number of rotatable bonds is 5. The van der Waals surface area contributed by atoms with Crippen LogP contribution in [0.15, 0.2) is 59.8 Å². The Labute approximate surface area is 173 Å². The highest BCUT2D eigenvalue weighted by Gasteiger charge is 2.36. The summed E-state index contributed by atoms with van der Waals surface area (Å²) < 4.78 is 25.8. The second-order valence-electron chi connectivity index (χ2n) is 6.74. The number of carbonyl (C=O) groups excluding carboxylic acids is 1. The van der Waals surface area contributed by atoms with Gasteiger partial charge < -0.3 is 14.8 Å². The third kappa shape index (κ3) is 3.41. The number of methoxy groups -OCH3 is 1. The number of carbonyl (C=O) groups is 1. The lowest BCUT2D eigenvalue weighted by molar-refractivity contribution is -0.139. The zero-order chi connectivity index (χ0) is 21.3. The second kappa shape index (κ2) is 7.98. The van der Waals surface area contributed by atoms with Gasteiger partial charge in [-0.1, -0.05) is 18.2 Å². The maximum Gasteiger partial charge on any atom is 0.338 e. The average Bonchev–Trinajstić information content (AvgIpc) is 3.16. The number of nitrogens with zero attached hydrogens (tertiary/aromatic N) is 3. The van der Waals surface area contributed by atoms with Crippen LogP contribution in [0.3, 0.4) is 0 Å². The van der Waals surface area contributed by atoms with E-state index in [-0.39, 0.29) is 12.4 Å². The summed E-state index contributed by atoms with van der Waals surface area (Å²) in [4.78, 5) is 17.4. The van der Waals surface area contributed by atoms with Crippen LogP contribution < -0.4 is 10.1 Å². The van der Waals surface area contributed by atoms with E-state index in [9.17, 15) is 9.18 Å². The van der Waals surface area contributed by atoms with Crippen LogP contribution >= 0.6 is 0 Å². The number of hydrogen-bond acceptors (Lipinski definition) is 6. The van der Waals surface area contributed by atoms with Crippen LogP contribution in [0.4, 0.5) is 10.3 Å². The summed E-state index contributed by atoms with van der Waals surface area (Å²) in [5.74, 6) is 0.715. The molecule has 30 heavy (non-hydrogen) atoms. The van der Waals surface area contributed by atoms with Crippen molar-refractivity contribution in [3.63, 3.8) is 0 Å². The summed E-state index contributed by atoms with van der Waals surface area (Å²) in [5, 5.41) is 7.78. The van der Waals surface area contributed by atoms with Crippen molar-refractivity contribution in [3.8, 4) is 17.1 Å². The maximum absolute atomic E-state index is 13.3. The van der Waals surface area contributed by atoms with E-state index in [1.54, 1.807) is 37.8 Å². The molecule has 4 rings (SSSR count). The Bertz CT molecular complexity index is 1120. The molecule has 0 fully saturated rings. The van der Waals surface area contributed by atoms with Crippen LogP contribution in [0, 0.1) is 5.82 Å². The zero-order valence-corrected chi connectivity index (χ0v) is 16.8. The number of fused-ring (bicyclic) bond motifs is 1. The maximum atomic E-state index is 13.3. The van der Waals surface area contributed by atoms with Crippen LogP contribution in [-0.2, 0) is 9.53 Å². The van der Waals surface area contributed by atoms with Crippen molar-refractivity contribution in [1.29, 1.82) is 0 Å². The van der Waals surface area contributed by atoms with Gasteiger partial charge in [0.15, 0.2) is 5.82 Å². The molecule has 1 unspecified atom stereocenters. The largest absolute Gasteiger partial charge is 0.496 e. The number of hydrogen-bond donors (Lipinski definition) is 1. The van der Waals surface area contributed by atoms with Gasteiger partial charge in [-0.15, -0.1) is 5.10 Å². The SMILES string of the molecule is CCOC(=O)C1=C(C)Nc2nc(-c3ccc(F)cc3)nn2C1c1ccccc1OC. The summed E-state index contributed by atoms with van der Waals surface area (Å²) >= 11 is 0. The van der Waals surface area contributed by atoms with E-state index in [1.165, 1.54) is 12.1 Å². The van der Waals surface area contributed by atoms with Crippen molar-refractivity contribution in [2.75, 3.05) is 19.0 Å². The van der Waals surface area contributed by atoms with Crippen LogP contribution in [0.2, 0.25) is 0 Å². The number of para-hydroxylation sites is 1. The number of esters is 1. The Morgan fingerprint density at radius 2 is 1.93 bits per heavy atom. The minimum absolute atomic E-state index is 0.249. The van der Waals surface area contributed by atoms with E-state index in [0.29, 0.717) is 34.4 Å². The fourth-order valence-corrected chi connectivity index (χ4v) is 3.53. The lowest BCUT2D eigenvalue weighted by atomic mass is 9.95. The molecule has 7 nitrogen and oxygen atoms in total. The number of benzene rings is 2. The summed E-state index contributed by atoms with van der Waals surface area (Å²) in [5.41, 5.74) is 2.45. The molecular formula is C22H21FN4O3. The molecule has 2 heterocycles. The zero-order valence-electron chi connectivity index (χ0n) is 16.8. The predicted octanol–water partition coefficient (Wildman–Crippen LogP) is 3.94. The fraction of sp³-hybridized carbons (Fsp3) is 0.227. The predicted molar refractivity (Wildman–Crippen MR) is 110 cm³/mol. The Hall–Kier alpha value is -3.68. The number of halogens is 1. The van der Waals surface area contributed by atoms with E-state index in [1.807, 2.05) is 24.3 Å². The van der Waals surface area contributed by atoms with Crippen molar-refractivity contribution in [1.82, 2.24) is 14.8 Å². The van der Waals surface area contributed by atoms with Gasteiger partial charge in [-0.3, -0.25) is 0 Å². The summed E-state index contributed by atoms with van der Waals surface area (Å²) in [6.45, 7) is 3.80.